The number of nitrogens with zero attached hydrogens (tertiary/aromatic N) is 2. The molecule has 0 aliphatic carbocycles. The third-order valence-electron chi connectivity index (χ3n) is 3.28. The van der Waals surface area contributed by atoms with E-state index >= 15 is 0 Å². The Morgan fingerprint density at radius 1 is 1.35 bits per heavy atom. The normalized spacial score (nSPS) is 11.2. The zero-order valence-electron chi connectivity index (χ0n) is 12.2. The molecular weight excluding hydrogens is 338 g/mol. The molecule has 0 saturated carbocycles. The van der Waals surface area contributed by atoms with Crippen molar-refractivity contribution in [3.8, 4) is 0 Å². The standard InChI is InChI=1S/C15H19BrClN3/c1-9(2)20-11(4)15(10(3)19-20)18-8-12-7-13(16)5-6-14(12)17/h5-7,9,18H,8H2,1-4H3. The van der Waals surface area contributed by atoms with Crippen LogP contribution in [0.3, 0.4) is 0 Å². The van der Waals surface area contributed by atoms with Gasteiger partial charge in [0.25, 0.3) is 0 Å². The molecule has 0 unspecified atom stereocenters. The van der Waals surface area contributed by atoms with Crippen molar-refractivity contribution in [2.45, 2.75) is 40.3 Å². The summed E-state index contributed by atoms with van der Waals surface area (Å²) in [7, 11) is 0. The molecule has 1 N–H and O–H groups in total. The molecule has 5 heteroatoms. The zero-order chi connectivity index (χ0) is 14.9. The second-order valence-corrected chi connectivity index (χ2v) is 6.50. The van der Waals surface area contributed by atoms with E-state index in [2.05, 4.69) is 47.1 Å². The number of nitrogens with one attached hydrogen (secondary N) is 1. The molecule has 0 spiro atoms. The lowest BCUT2D eigenvalue weighted by molar-refractivity contribution is 0.516. The SMILES string of the molecule is Cc1nn(C(C)C)c(C)c1NCc1cc(Br)ccc1Cl. The van der Waals surface area contributed by atoms with Crippen molar-refractivity contribution in [2.24, 2.45) is 0 Å². The van der Waals surface area contributed by atoms with E-state index in [9.17, 15) is 0 Å². The lowest BCUT2D eigenvalue weighted by Crippen LogP contribution is -2.06. The number of hydrogen-bond donors (Lipinski definition) is 1. The number of rotatable bonds is 4. The largest absolute Gasteiger partial charge is 0.378 e. The van der Waals surface area contributed by atoms with Gasteiger partial charge in [-0.25, -0.2) is 0 Å². The van der Waals surface area contributed by atoms with Gasteiger partial charge in [0.2, 0.25) is 0 Å². The number of anilines is 1. The van der Waals surface area contributed by atoms with Gasteiger partial charge in [0, 0.05) is 22.1 Å². The molecule has 0 aliphatic rings. The molecule has 108 valence electrons. The number of aromatic nitrogens is 2. The predicted octanol–water partition coefficient (Wildman–Crippen LogP) is 5.11. The predicted molar refractivity (Wildman–Crippen MR) is 88.6 cm³/mol. The van der Waals surface area contributed by atoms with Crippen molar-refractivity contribution in [1.82, 2.24) is 9.78 Å². The maximum atomic E-state index is 6.22. The van der Waals surface area contributed by atoms with Gasteiger partial charge < -0.3 is 5.32 Å². The van der Waals surface area contributed by atoms with Crippen LogP contribution >= 0.6 is 27.5 Å². The molecule has 3 nitrogen and oxygen atoms in total. The quantitative estimate of drug-likeness (QED) is 0.825. The number of aryl methyl sites for hydroxylation is 1. The van der Waals surface area contributed by atoms with Crippen molar-refractivity contribution in [1.29, 1.82) is 0 Å². The van der Waals surface area contributed by atoms with Crippen molar-refractivity contribution < 1.29 is 0 Å². The van der Waals surface area contributed by atoms with E-state index in [0.29, 0.717) is 12.6 Å². The molecule has 0 amide bonds. The molecular formula is C15H19BrClN3. The van der Waals surface area contributed by atoms with Crippen LogP contribution in [0.5, 0.6) is 0 Å². The average molecular weight is 357 g/mol. The van der Waals surface area contributed by atoms with Crippen LogP contribution in [0.15, 0.2) is 22.7 Å². The molecule has 0 radical (unpaired) electrons. The first-order valence-electron chi connectivity index (χ1n) is 6.63. The highest BCUT2D eigenvalue weighted by molar-refractivity contribution is 9.10. The molecule has 1 aromatic heterocycles. The second-order valence-electron chi connectivity index (χ2n) is 5.17. The molecule has 2 aromatic rings. The van der Waals surface area contributed by atoms with Crippen LogP contribution in [0.25, 0.3) is 0 Å². The van der Waals surface area contributed by atoms with Crippen LogP contribution in [-0.4, -0.2) is 9.78 Å². The topological polar surface area (TPSA) is 29.9 Å². The summed E-state index contributed by atoms with van der Waals surface area (Å²) in [4.78, 5) is 0. The molecule has 0 atom stereocenters. The van der Waals surface area contributed by atoms with Gasteiger partial charge in [-0.2, -0.15) is 5.10 Å². The Labute approximate surface area is 133 Å². The number of benzene rings is 1. The second kappa shape index (κ2) is 6.19. The van der Waals surface area contributed by atoms with E-state index in [0.717, 1.165) is 32.1 Å². The number of halogens is 2. The zero-order valence-corrected chi connectivity index (χ0v) is 14.5. The van der Waals surface area contributed by atoms with Crippen LogP contribution in [0.4, 0.5) is 5.69 Å². The monoisotopic (exact) mass is 355 g/mol. The minimum Gasteiger partial charge on any atom is -0.378 e. The fourth-order valence-corrected chi connectivity index (χ4v) is 2.88. The van der Waals surface area contributed by atoms with E-state index in [-0.39, 0.29) is 0 Å². The summed E-state index contributed by atoms with van der Waals surface area (Å²) in [5.41, 5.74) is 4.33. The minimum absolute atomic E-state index is 0.360. The fourth-order valence-electron chi connectivity index (χ4n) is 2.28. The summed E-state index contributed by atoms with van der Waals surface area (Å²) in [6.07, 6.45) is 0. The van der Waals surface area contributed by atoms with E-state index in [1.165, 1.54) is 0 Å². The van der Waals surface area contributed by atoms with Gasteiger partial charge in [0.15, 0.2) is 0 Å². The van der Waals surface area contributed by atoms with Gasteiger partial charge in [0.05, 0.1) is 17.1 Å². The molecule has 0 saturated heterocycles. The van der Waals surface area contributed by atoms with Gasteiger partial charge in [-0.1, -0.05) is 27.5 Å². The van der Waals surface area contributed by atoms with Crippen LogP contribution in [0.2, 0.25) is 5.02 Å². The highest BCUT2D eigenvalue weighted by Gasteiger charge is 2.13. The maximum Gasteiger partial charge on any atom is 0.0828 e. The van der Waals surface area contributed by atoms with Crippen LogP contribution in [-0.2, 0) is 6.54 Å². The van der Waals surface area contributed by atoms with Crippen molar-refractivity contribution in [3.63, 3.8) is 0 Å². The minimum atomic E-state index is 0.360. The molecule has 0 bridgehead atoms. The molecule has 0 fully saturated rings. The molecule has 2 rings (SSSR count). The van der Waals surface area contributed by atoms with Crippen LogP contribution in [0, 0.1) is 13.8 Å². The highest BCUT2D eigenvalue weighted by atomic mass is 79.9. The third-order valence-corrected chi connectivity index (χ3v) is 4.14. The lowest BCUT2D eigenvalue weighted by Gasteiger charge is -2.11. The van der Waals surface area contributed by atoms with E-state index < -0.39 is 0 Å². The maximum absolute atomic E-state index is 6.22. The number of hydrogen-bond acceptors (Lipinski definition) is 2. The Hall–Kier alpha value is -1.000. The molecule has 0 aliphatic heterocycles. The fraction of sp³-hybridized carbons (Fsp3) is 0.400. The van der Waals surface area contributed by atoms with Crippen LogP contribution < -0.4 is 5.32 Å². The van der Waals surface area contributed by atoms with Gasteiger partial charge in [-0.05, 0) is 51.5 Å². The van der Waals surface area contributed by atoms with E-state index in [4.69, 9.17) is 11.6 Å². The van der Waals surface area contributed by atoms with Crippen molar-refractivity contribution in [3.05, 3.63) is 44.6 Å². The van der Waals surface area contributed by atoms with E-state index in [1.54, 1.807) is 0 Å². The summed E-state index contributed by atoms with van der Waals surface area (Å²) < 4.78 is 3.07. The molecule has 1 heterocycles. The van der Waals surface area contributed by atoms with Crippen molar-refractivity contribution in [2.75, 3.05) is 5.32 Å². The Balaban J connectivity index is 2.21. The summed E-state index contributed by atoms with van der Waals surface area (Å²) in [6.45, 7) is 9.06. The Bertz CT molecular complexity index is 620. The summed E-state index contributed by atoms with van der Waals surface area (Å²) >= 11 is 9.69. The summed E-state index contributed by atoms with van der Waals surface area (Å²) in [6, 6.07) is 6.24. The lowest BCUT2D eigenvalue weighted by atomic mass is 10.2. The smallest absolute Gasteiger partial charge is 0.0828 e. The average Bonchev–Trinajstić information content (AvgIpc) is 2.67. The first-order chi connectivity index (χ1) is 9.40. The van der Waals surface area contributed by atoms with Gasteiger partial charge in [-0.15, -0.1) is 0 Å². The van der Waals surface area contributed by atoms with Crippen LogP contribution in [0.1, 0.15) is 36.8 Å². The highest BCUT2D eigenvalue weighted by Crippen LogP contribution is 2.25. The summed E-state index contributed by atoms with van der Waals surface area (Å²) in [5, 5.41) is 8.80. The summed E-state index contributed by atoms with van der Waals surface area (Å²) in [5.74, 6) is 0. The molecule has 1 aromatic carbocycles. The third kappa shape index (κ3) is 3.18. The van der Waals surface area contributed by atoms with E-state index in [1.807, 2.05) is 29.8 Å². The Morgan fingerprint density at radius 3 is 2.65 bits per heavy atom. The van der Waals surface area contributed by atoms with Gasteiger partial charge in [-0.3, -0.25) is 4.68 Å². The Kier molecular flexibility index (Phi) is 4.76. The van der Waals surface area contributed by atoms with Gasteiger partial charge >= 0.3 is 0 Å². The van der Waals surface area contributed by atoms with Gasteiger partial charge in [0.1, 0.15) is 0 Å². The first kappa shape index (κ1) is 15.4. The first-order valence-corrected chi connectivity index (χ1v) is 7.80. The molecule has 20 heavy (non-hydrogen) atoms. The Morgan fingerprint density at radius 2 is 2.05 bits per heavy atom. The van der Waals surface area contributed by atoms with Crippen molar-refractivity contribution >= 4 is 33.2 Å².